The predicted octanol–water partition coefficient (Wildman–Crippen LogP) is 3.56. The Labute approximate surface area is 191 Å². The minimum atomic E-state index is -4.58. The first-order chi connectivity index (χ1) is 16.1. The zero-order valence-electron chi connectivity index (χ0n) is 17.3. The zero-order valence-corrected chi connectivity index (χ0v) is 18.1. The molecule has 174 valence electrons. The van der Waals surface area contributed by atoms with Gasteiger partial charge in [-0.25, -0.2) is 13.8 Å². The Morgan fingerprint density at radius 3 is 2.24 bits per heavy atom. The third-order valence-electron chi connectivity index (χ3n) is 4.93. The Morgan fingerprint density at radius 1 is 0.912 bits per heavy atom. The molecule has 4 aromatic rings. The molecule has 1 amide bonds. The molecule has 7 nitrogen and oxygen atoms in total. The van der Waals surface area contributed by atoms with Gasteiger partial charge in [-0.15, -0.1) is 9.89 Å². The molecule has 0 bridgehead atoms. The first-order valence-electron chi connectivity index (χ1n) is 9.85. The molecule has 1 heterocycles. The van der Waals surface area contributed by atoms with Gasteiger partial charge >= 0.3 is 6.18 Å². The van der Waals surface area contributed by atoms with Gasteiger partial charge in [0.2, 0.25) is 15.7 Å². The number of nitrogens with zero attached hydrogens (tertiary/aromatic N) is 2. The van der Waals surface area contributed by atoms with Crippen LogP contribution >= 0.6 is 0 Å². The number of fused-ring (bicyclic) bond motifs is 1. The van der Waals surface area contributed by atoms with E-state index in [9.17, 15) is 31.2 Å². The van der Waals surface area contributed by atoms with E-state index in [4.69, 9.17) is 0 Å². The summed E-state index contributed by atoms with van der Waals surface area (Å²) in [6, 6.07) is 17.5. The van der Waals surface area contributed by atoms with Crippen LogP contribution in [0.2, 0.25) is 0 Å². The Kier molecular flexibility index (Phi) is 5.96. The molecule has 34 heavy (non-hydrogen) atoms. The summed E-state index contributed by atoms with van der Waals surface area (Å²) in [6.45, 7) is 0. The van der Waals surface area contributed by atoms with Crippen molar-refractivity contribution in [2.24, 2.45) is 0 Å². The van der Waals surface area contributed by atoms with Crippen molar-refractivity contribution < 1.29 is 26.4 Å². The summed E-state index contributed by atoms with van der Waals surface area (Å²) < 4.78 is 65.3. The Morgan fingerprint density at radius 2 is 1.56 bits per heavy atom. The fourth-order valence-electron chi connectivity index (χ4n) is 3.35. The molecule has 0 saturated carbocycles. The van der Waals surface area contributed by atoms with Crippen molar-refractivity contribution in [1.82, 2.24) is 9.89 Å². The average Bonchev–Trinajstić information content (AvgIpc) is 2.81. The summed E-state index contributed by atoms with van der Waals surface area (Å²) >= 11 is 0. The molecule has 0 aliphatic carbocycles. The molecule has 1 aromatic heterocycles. The molecule has 4 rings (SSSR count). The minimum absolute atomic E-state index is 0.00799. The van der Waals surface area contributed by atoms with Crippen molar-refractivity contribution in [3.05, 3.63) is 100 Å². The van der Waals surface area contributed by atoms with E-state index in [1.165, 1.54) is 48.5 Å². The Hall–Kier alpha value is -3.99. The van der Waals surface area contributed by atoms with Crippen LogP contribution < -0.4 is 11.0 Å². The normalized spacial score (nSPS) is 12.0. The van der Waals surface area contributed by atoms with Gasteiger partial charge in [0.25, 0.3) is 5.56 Å². The lowest BCUT2D eigenvalue weighted by molar-refractivity contribution is -0.137. The number of benzene rings is 3. The molecule has 11 heteroatoms. The van der Waals surface area contributed by atoms with E-state index in [0.29, 0.717) is 4.79 Å². The molecule has 0 spiro atoms. The lowest BCUT2D eigenvalue weighted by Gasteiger charge is -2.13. The summed E-state index contributed by atoms with van der Waals surface area (Å²) in [6.07, 6.45) is -5.07. The van der Waals surface area contributed by atoms with E-state index >= 15 is 0 Å². The zero-order chi connectivity index (χ0) is 24.5. The maximum Gasteiger partial charge on any atom is 0.416 e. The van der Waals surface area contributed by atoms with Crippen LogP contribution in [0.4, 0.5) is 13.2 Å². The summed E-state index contributed by atoms with van der Waals surface area (Å²) in [5.74, 6) is -0.854. The molecule has 0 unspecified atom stereocenters. The van der Waals surface area contributed by atoms with Gasteiger partial charge in [0.15, 0.2) is 5.03 Å². The van der Waals surface area contributed by atoms with Crippen LogP contribution in [-0.2, 0) is 27.2 Å². The van der Waals surface area contributed by atoms with E-state index in [1.54, 1.807) is 12.1 Å². The number of halogens is 3. The number of rotatable bonds is 5. The SMILES string of the molecule is O=C(Cc1cccc(C(F)(F)F)c1)Nn1nc(S(=O)(=O)c2ccccc2)c2ccccc2c1=O. The second-order valence-electron chi connectivity index (χ2n) is 7.29. The summed E-state index contributed by atoms with van der Waals surface area (Å²) in [5, 5.41) is 3.50. The van der Waals surface area contributed by atoms with Gasteiger partial charge in [0.05, 0.1) is 22.3 Å². The van der Waals surface area contributed by atoms with Crippen molar-refractivity contribution in [3.63, 3.8) is 0 Å². The minimum Gasteiger partial charge on any atom is -0.273 e. The Bertz CT molecular complexity index is 1550. The van der Waals surface area contributed by atoms with Crippen molar-refractivity contribution in [2.75, 3.05) is 5.43 Å². The monoisotopic (exact) mass is 487 g/mol. The maximum absolute atomic E-state index is 13.2. The number of aromatic nitrogens is 2. The fourth-order valence-corrected chi connectivity index (χ4v) is 4.74. The number of hydrogen-bond donors (Lipinski definition) is 1. The molecule has 1 N–H and O–H groups in total. The van der Waals surface area contributed by atoms with Crippen LogP contribution in [-0.4, -0.2) is 24.2 Å². The molecule has 0 atom stereocenters. The summed E-state index contributed by atoms with van der Waals surface area (Å²) in [5.41, 5.74) is 0.522. The van der Waals surface area contributed by atoms with Gasteiger partial charge in [-0.05, 0) is 29.8 Å². The number of carbonyl (C=O) groups is 1. The molecule has 0 aliphatic rings. The highest BCUT2D eigenvalue weighted by atomic mass is 32.2. The quantitative estimate of drug-likeness (QED) is 0.464. The highest BCUT2D eigenvalue weighted by Gasteiger charge is 2.30. The van der Waals surface area contributed by atoms with E-state index in [0.717, 1.165) is 18.2 Å². The van der Waals surface area contributed by atoms with E-state index in [2.05, 4.69) is 10.5 Å². The Balaban J connectivity index is 1.74. The van der Waals surface area contributed by atoms with Crippen LogP contribution in [0.3, 0.4) is 0 Å². The highest BCUT2D eigenvalue weighted by molar-refractivity contribution is 7.91. The lowest BCUT2D eigenvalue weighted by Crippen LogP contribution is -2.37. The summed E-state index contributed by atoms with van der Waals surface area (Å²) in [4.78, 5) is 25.8. The van der Waals surface area contributed by atoms with Crippen molar-refractivity contribution >= 4 is 26.5 Å². The largest absolute Gasteiger partial charge is 0.416 e. The second kappa shape index (κ2) is 8.75. The van der Waals surface area contributed by atoms with Crippen LogP contribution in [0.1, 0.15) is 11.1 Å². The molecule has 0 saturated heterocycles. The van der Waals surface area contributed by atoms with Crippen molar-refractivity contribution in [3.8, 4) is 0 Å². The van der Waals surface area contributed by atoms with Gasteiger partial charge in [-0.3, -0.25) is 9.59 Å². The van der Waals surface area contributed by atoms with Gasteiger partial charge in [-0.1, -0.05) is 54.6 Å². The molecular formula is C23H16F3N3O4S. The van der Waals surface area contributed by atoms with E-state index < -0.39 is 44.5 Å². The van der Waals surface area contributed by atoms with Crippen LogP contribution in [0.5, 0.6) is 0 Å². The van der Waals surface area contributed by atoms with Crippen LogP contribution in [0.25, 0.3) is 10.8 Å². The van der Waals surface area contributed by atoms with Gasteiger partial charge in [0.1, 0.15) is 0 Å². The van der Waals surface area contributed by atoms with Gasteiger partial charge < -0.3 is 0 Å². The first-order valence-corrected chi connectivity index (χ1v) is 11.3. The fraction of sp³-hybridized carbons (Fsp3) is 0.0870. The average molecular weight is 487 g/mol. The number of alkyl halides is 3. The smallest absolute Gasteiger partial charge is 0.273 e. The number of amides is 1. The van der Waals surface area contributed by atoms with Gasteiger partial charge in [-0.2, -0.15) is 13.2 Å². The van der Waals surface area contributed by atoms with E-state index in [1.807, 2.05) is 0 Å². The first kappa shape index (κ1) is 23.2. The molecule has 0 fully saturated rings. The molecule has 0 aliphatic heterocycles. The number of hydrogen-bond acceptors (Lipinski definition) is 5. The second-order valence-corrected chi connectivity index (χ2v) is 9.16. The standard InChI is InChI=1S/C23H16F3N3O4S/c24-23(25,26)16-8-6-7-15(13-16)14-20(30)27-29-22(31)19-12-5-4-11-18(19)21(28-29)34(32,33)17-9-2-1-3-10-17/h1-13H,14H2,(H,27,30). The molecule has 0 radical (unpaired) electrons. The topological polar surface area (TPSA) is 98.1 Å². The van der Waals surface area contributed by atoms with Crippen molar-refractivity contribution in [1.29, 1.82) is 0 Å². The summed E-state index contributed by atoms with van der Waals surface area (Å²) in [7, 11) is -4.17. The molecule has 3 aromatic carbocycles. The predicted molar refractivity (Wildman–Crippen MR) is 117 cm³/mol. The number of carbonyl (C=O) groups excluding carboxylic acids is 1. The van der Waals surface area contributed by atoms with Crippen molar-refractivity contribution in [2.45, 2.75) is 22.5 Å². The third kappa shape index (κ3) is 4.55. The van der Waals surface area contributed by atoms with Gasteiger partial charge in [0, 0.05) is 5.39 Å². The maximum atomic E-state index is 13.2. The highest BCUT2D eigenvalue weighted by Crippen LogP contribution is 2.29. The lowest BCUT2D eigenvalue weighted by atomic mass is 10.1. The van der Waals surface area contributed by atoms with E-state index in [-0.39, 0.29) is 21.2 Å². The number of nitrogens with one attached hydrogen (secondary N) is 1. The third-order valence-corrected chi connectivity index (χ3v) is 6.63. The van der Waals surface area contributed by atoms with Crippen LogP contribution in [0.15, 0.2) is 93.6 Å². The van der Waals surface area contributed by atoms with Crippen LogP contribution in [0, 0.1) is 0 Å². The molecular weight excluding hydrogens is 471 g/mol. The number of sulfone groups is 1.